The van der Waals surface area contributed by atoms with Crippen LogP contribution in [0.25, 0.3) is 5.65 Å². The van der Waals surface area contributed by atoms with Crippen LogP contribution in [0.4, 0.5) is 15.9 Å². The zero-order valence-corrected chi connectivity index (χ0v) is 15.6. The fourth-order valence-corrected chi connectivity index (χ4v) is 3.15. The van der Waals surface area contributed by atoms with E-state index in [9.17, 15) is 9.18 Å². The molecule has 1 aromatic carbocycles. The second-order valence-corrected chi connectivity index (χ2v) is 6.68. The molecule has 0 radical (unpaired) electrons. The number of hydrogen-bond donors (Lipinski definition) is 1. The number of halogens is 1. The van der Waals surface area contributed by atoms with Crippen molar-refractivity contribution >= 4 is 23.1 Å². The molecule has 0 bridgehead atoms. The third-order valence-corrected chi connectivity index (χ3v) is 4.69. The highest BCUT2D eigenvalue weighted by molar-refractivity contribution is 5.91. The number of nitrogens with zero attached hydrogens (tertiary/aromatic N) is 5. The first-order chi connectivity index (χ1) is 13.6. The predicted molar refractivity (Wildman–Crippen MR) is 102 cm³/mol. The van der Waals surface area contributed by atoms with Gasteiger partial charge in [0.15, 0.2) is 11.5 Å². The number of hydrogen-bond acceptors (Lipinski definition) is 6. The van der Waals surface area contributed by atoms with Crippen molar-refractivity contribution in [2.24, 2.45) is 0 Å². The van der Waals surface area contributed by atoms with E-state index in [1.54, 1.807) is 17.5 Å². The Kier molecular flexibility index (Phi) is 5.16. The molecular formula is C19H21FN6O2. The lowest BCUT2D eigenvalue weighted by Crippen LogP contribution is -2.37. The van der Waals surface area contributed by atoms with E-state index in [0.29, 0.717) is 42.4 Å². The average Bonchev–Trinajstić information content (AvgIpc) is 3.11. The molecule has 3 heterocycles. The maximum atomic E-state index is 13.2. The van der Waals surface area contributed by atoms with Gasteiger partial charge in [0.25, 0.3) is 0 Å². The molecule has 0 saturated carbocycles. The fraction of sp³-hybridized carbons (Fsp3) is 0.368. The predicted octanol–water partition coefficient (Wildman–Crippen LogP) is 1.98. The minimum atomic E-state index is -0.326. The number of aromatic nitrogens is 4. The Morgan fingerprint density at radius 2 is 2.04 bits per heavy atom. The molecule has 1 fully saturated rings. The molecule has 1 saturated heterocycles. The largest absolute Gasteiger partial charge is 0.378 e. The number of amides is 1. The fourth-order valence-electron chi connectivity index (χ4n) is 3.15. The Hall–Kier alpha value is -3.07. The number of anilines is 2. The number of carbonyl (C=O) groups is 1. The SMILES string of the molecule is Cc1cc(F)ccc1NC(=O)CCc1nnc2ccc(N3CCOCC3)nn12. The molecular weight excluding hydrogens is 363 g/mol. The third-order valence-electron chi connectivity index (χ3n) is 4.69. The van der Waals surface area contributed by atoms with Gasteiger partial charge in [-0.2, -0.15) is 4.52 Å². The zero-order chi connectivity index (χ0) is 19.5. The van der Waals surface area contributed by atoms with Crippen LogP contribution < -0.4 is 10.2 Å². The number of benzene rings is 1. The highest BCUT2D eigenvalue weighted by Gasteiger charge is 2.15. The normalized spacial score (nSPS) is 14.4. The highest BCUT2D eigenvalue weighted by atomic mass is 19.1. The van der Waals surface area contributed by atoms with Crippen LogP contribution in [-0.2, 0) is 16.0 Å². The third kappa shape index (κ3) is 3.94. The van der Waals surface area contributed by atoms with Crippen LogP contribution in [0.2, 0.25) is 0 Å². The molecule has 1 aliphatic rings. The van der Waals surface area contributed by atoms with Crippen LogP contribution in [0, 0.1) is 12.7 Å². The first-order valence-corrected chi connectivity index (χ1v) is 9.20. The molecule has 1 aliphatic heterocycles. The van der Waals surface area contributed by atoms with Gasteiger partial charge in [0.05, 0.1) is 13.2 Å². The van der Waals surface area contributed by atoms with Crippen LogP contribution in [0.1, 0.15) is 17.8 Å². The van der Waals surface area contributed by atoms with Crippen molar-refractivity contribution in [1.82, 2.24) is 19.8 Å². The van der Waals surface area contributed by atoms with Gasteiger partial charge in [-0.1, -0.05) is 0 Å². The Balaban J connectivity index is 1.44. The summed E-state index contributed by atoms with van der Waals surface area (Å²) in [4.78, 5) is 14.4. The van der Waals surface area contributed by atoms with Gasteiger partial charge in [0.2, 0.25) is 5.91 Å². The van der Waals surface area contributed by atoms with E-state index in [1.165, 1.54) is 12.1 Å². The molecule has 4 rings (SSSR count). The topological polar surface area (TPSA) is 84.7 Å². The molecule has 1 amide bonds. The van der Waals surface area contributed by atoms with Gasteiger partial charge >= 0.3 is 0 Å². The number of ether oxygens (including phenoxy) is 1. The minimum Gasteiger partial charge on any atom is -0.378 e. The molecule has 1 N–H and O–H groups in total. The van der Waals surface area contributed by atoms with E-state index >= 15 is 0 Å². The maximum Gasteiger partial charge on any atom is 0.224 e. The summed E-state index contributed by atoms with van der Waals surface area (Å²) in [5.74, 6) is 0.961. The van der Waals surface area contributed by atoms with E-state index in [1.807, 2.05) is 12.1 Å². The summed E-state index contributed by atoms with van der Waals surface area (Å²) < 4.78 is 20.2. The molecule has 0 aliphatic carbocycles. The monoisotopic (exact) mass is 384 g/mol. The van der Waals surface area contributed by atoms with Crippen molar-refractivity contribution in [2.75, 3.05) is 36.5 Å². The smallest absolute Gasteiger partial charge is 0.224 e. The Bertz CT molecular complexity index is 999. The van der Waals surface area contributed by atoms with Crippen LogP contribution >= 0.6 is 0 Å². The standard InChI is InChI=1S/C19H21FN6O2/c1-13-12-14(20)2-3-15(13)21-19(27)7-6-17-23-22-16-4-5-18(24-26(16)17)25-8-10-28-11-9-25/h2-5,12H,6-11H2,1H3,(H,21,27). The Labute approximate surface area is 161 Å². The summed E-state index contributed by atoms with van der Waals surface area (Å²) in [5, 5.41) is 15.7. The Morgan fingerprint density at radius 3 is 2.82 bits per heavy atom. The highest BCUT2D eigenvalue weighted by Crippen LogP contribution is 2.17. The van der Waals surface area contributed by atoms with E-state index < -0.39 is 0 Å². The molecule has 0 atom stereocenters. The van der Waals surface area contributed by atoms with Crippen molar-refractivity contribution in [3.8, 4) is 0 Å². The summed E-state index contributed by atoms with van der Waals surface area (Å²) in [5.41, 5.74) is 1.92. The summed E-state index contributed by atoms with van der Waals surface area (Å²) in [6.07, 6.45) is 0.619. The lowest BCUT2D eigenvalue weighted by molar-refractivity contribution is -0.116. The summed E-state index contributed by atoms with van der Waals surface area (Å²) in [7, 11) is 0. The van der Waals surface area contributed by atoms with Gasteiger partial charge in [-0.05, 0) is 42.8 Å². The van der Waals surface area contributed by atoms with E-state index in [0.717, 1.165) is 18.9 Å². The van der Waals surface area contributed by atoms with E-state index in [2.05, 4.69) is 25.5 Å². The van der Waals surface area contributed by atoms with Crippen molar-refractivity contribution in [2.45, 2.75) is 19.8 Å². The zero-order valence-electron chi connectivity index (χ0n) is 15.6. The van der Waals surface area contributed by atoms with Gasteiger partial charge < -0.3 is 15.0 Å². The van der Waals surface area contributed by atoms with Gasteiger partial charge in [0, 0.05) is 31.6 Å². The Morgan fingerprint density at radius 1 is 1.21 bits per heavy atom. The van der Waals surface area contributed by atoms with Crippen molar-refractivity contribution in [3.63, 3.8) is 0 Å². The second kappa shape index (κ2) is 7.89. The molecule has 28 heavy (non-hydrogen) atoms. The molecule has 8 nitrogen and oxygen atoms in total. The molecule has 146 valence electrons. The van der Waals surface area contributed by atoms with E-state index in [4.69, 9.17) is 4.74 Å². The number of fused-ring (bicyclic) bond motifs is 1. The number of carbonyl (C=O) groups excluding carboxylic acids is 1. The van der Waals surface area contributed by atoms with Crippen LogP contribution in [0.3, 0.4) is 0 Å². The minimum absolute atomic E-state index is 0.171. The first kappa shape index (κ1) is 18.3. The van der Waals surface area contributed by atoms with Crippen LogP contribution in [0.15, 0.2) is 30.3 Å². The average molecular weight is 384 g/mol. The van der Waals surface area contributed by atoms with Crippen molar-refractivity contribution in [1.29, 1.82) is 0 Å². The second-order valence-electron chi connectivity index (χ2n) is 6.68. The van der Waals surface area contributed by atoms with Crippen LogP contribution in [-0.4, -0.2) is 52.0 Å². The molecule has 0 spiro atoms. The molecule has 0 unspecified atom stereocenters. The molecule has 3 aromatic rings. The number of rotatable bonds is 5. The lowest BCUT2D eigenvalue weighted by atomic mass is 10.2. The number of nitrogens with one attached hydrogen (secondary N) is 1. The number of aryl methyl sites for hydroxylation is 2. The quantitative estimate of drug-likeness (QED) is 0.724. The van der Waals surface area contributed by atoms with Gasteiger partial charge in [-0.15, -0.1) is 15.3 Å². The summed E-state index contributed by atoms with van der Waals surface area (Å²) in [6, 6.07) is 8.06. The van der Waals surface area contributed by atoms with Gasteiger partial charge in [-0.3, -0.25) is 4.79 Å². The lowest BCUT2D eigenvalue weighted by Gasteiger charge is -2.27. The van der Waals surface area contributed by atoms with Crippen molar-refractivity contribution in [3.05, 3.63) is 47.5 Å². The number of morpholine rings is 1. The summed E-state index contributed by atoms with van der Waals surface area (Å²) >= 11 is 0. The molecule has 9 heteroatoms. The van der Waals surface area contributed by atoms with E-state index in [-0.39, 0.29) is 18.1 Å². The maximum absolute atomic E-state index is 13.2. The van der Waals surface area contributed by atoms with Gasteiger partial charge in [0.1, 0.15) is 11.6 Å². The first-order valence-electron chi connectivity index (χ1n) is 9.20. The molecule has 2 aromatic heterocycles. The van der Waals surface area contributed by atoms with Gasteiger partial charge in [-0.25, -0.2) is 4.39 Å². The van der Waals surface area contributed by atoms with Crippen molar-refractivity contribution < 1.29 is 13.9 Å². The summed E-state index contributed by atoms with van der Waals surface area (Å²) in [6.45, 7) is 4.68. The van der Waals surface area contributed by atoms with Crippen LogP contribution in [0.5, 0.6) is 0 Å².